The molecule has 0 fully saturated rings. The molecule has 1 rings (SSSR count). The van der Waals surface area contributed by atoms with Crippen molar-refractivity contribution in [2.75, 3.05) is 19.8 Å². The largest absolute Gasteiger partial charge is 0.491 e. The molecule has 0 aliphatic heterocycles. The molecule has 0 aliphatic carbocycles. The summed E-state index contributed by atoms with van der Waals surface area (Å²) in [7, 11) is 0. The zero-order valence-electron chi connectivity index (χ0n) is 14.2. The zero-order chi connectivity index (χ0) is 15.9. The van der Waals surface area contributed by atoms with E-state index in [0.717, 1.165) is 17.9 Å². The maximum Gasteiger partial charge on any atom is 0.119 e. The Morgan fingerprint density at radius 3 is 2.09 bits per heavy atom. The van der Waals surface area contributed by atoms with Crippen LogP contribution in [0.4, 0.5) is 0 Å². The van der Waals surface area contributed by atoms with Crippen molar-refractivity contribution in [2.24, 2.45) is 0 Å². The molecule has 0 amide bonds. The monoisotopic (exact) mass is 304 g/mol. The molecule has 2 nitrogen and oxygen atoms in total. The van der Waals surface area contributed by atoms with Gasteiger partial charge in [-0.2, -0.15) is 0 Å². The summed E-state index contributed by atoms with van der Waals surface area (Å²) >= 11 is 0. The molecule has 1 aromatic carbocycles. The maximum absolute atomic E-state index is 5.63. The van der Waals surface area contributed by atoms with Gasteiger partial charge in [-0.3, -0.25) is 0 Å². The fourth-order valence-electron chi connectivity index (χ4n) is 2.36. The first-order chi connectivity index (χ1) is 10.9. The molecular weight excluding hydrogens is 272 g/mol. The summed E-state index contributed by atoms with van der Waals surface area (Å²) in [5, 5.41) is 0. The van der Waals surface area contributed by atoms with Crippen LogP contribution < -0.4 is 4.74 Å². The first-order valence-corrected chi connectivity index (χ1v) is 8.80. The Kier molecular flexibility index (Phi) is 11.4. The fourth-order valence-corrected chi connectivity index (χ4v) is 2.36. The first-order valence-electron chi connectivity index (χ1n) is 8.80. The van der Waals surface area contributed by atoms with Gasteiger partial charge in [-0.15, -0.1) is 0 Å². The number of ether oxygens (including phenoxy) is 2. The van der Waals surface area contributed by atoms with Crippen LogP contribution in [0.2, 0.25) is 0 Å². The van der Waals surface area contributed by atoms with Gasteiger partial charge in [0.25, 0.3) is 0 Å². The van der Waals surface area contributed by atoms with E-state index in [-0.39, 0.29) is 0 Å². The van der Waals surface area contributed by atoms with Crippen LogP contribution in [0.25, 0.3) is 6.08 Å². The summed E-state index contributed by atoms with van der Waals surface area (Å²) in [6.07, 6.45) is 12.5. The number of unbranched alkanes of at least 4 members (excludes halogenated alkanes) is 7. The lowest BCUT2D eigenvalue weighted by Gasteiger charge is -2.07. The summed E-state index contributed by atoms with van der Waals surface area (Å²) in [5.41, 5.74) is 1.11. The number of benzene rings is 1. The summed E-state index contributed by atoms with van der Waals surface area (Å²) < 4.78 is 11.2. The Balaban J connectivity index is 1.86. The lowest BCUT2D eigenvalue weighted by atomic mass is 10.1. The van der Waals surface area contributed by atoms with Crippen molar-refractivity contribution in [2.45, 2.75) is 58.3 Å². The molecule has 1 aromatic rings. The second-order valence-electron chi connectivity index (χ2n) is 5.71. The molecule has 0 saturated carbocycles. The third-order valence-corrected chi connectivity index (χ3v) is 3.75. The molecular formula is C20H32O2. The van der Waals surface area contributed by atoms with E-state index in [2.05, 4.69) is 13.5 Å². The van der Waals surface area contributed by atoms with Gasteiger partial charge in [0.05, 0.1) is 6.61 Å². The van der Waals surface area contributed by atoms with E-state index in [1.807, 2.05) is 30.3 Å². The summed E-state index contributed by atoms with van der Waals surface area (Å²) in [4.78, 5) is 0. The third-order valence-electron chi connectivity index (χ3n) is 3.75. The molecule has 124 valence electrons. The lowest BCUT2D eigenvalue weighted by molar-refractivity contribution is 0.0970. The van der Waals surface area contributed by atoms with Crippen molar-refractivity contribution in [3.8, 4) is 5.75 Å². The normalized spacial score (nSPS) is 10.6. The topological polar surface area (TPSA) is 18.5 Å². The molecule has 0 heterocycles. The van der Waals surface area contributed by atoms with Crippen LogP contribution in [-0.2, 0) is 4.74 Å². The van der Waals surface area contributed by atoms with Crippen LogP contribution in [-0.4, -0.2) is 19.8 Å². The van der Waals surface area contributed by atoms with Gasteiger partial charge < -0.3 is 9.47 Å². The number of rotatable bonds is 14. The Labute approximate surface area is 136 Å². The smallest absolute Gasteiger partial charge is 0.119 e. The SMILES string of the molecule is C=Cc1ccc(OCCOCCCCCCCCCC)cc1. The van der Waals surface area contributed by atoms with Crippen LogP contribution in [0.1, 0.15) is 63.9 Å². The highest BCUT2D eigenvalue weighted by molar-refractivity contribution is 5.48. The second kappa shape index (κ2) is 13.4. The van der Waals surface area contributed by atoms with E-state index in [1.54, 1.807) is 0 Å². The maximum atomic E-state index is 5.63. The standard InChI is InChI=1S/C20H32O2/c1-3-5-6-7-8-9-10-11-16-21-17-18-22-20-14-12-19(4-2)13-15-20/h4,12-15H,2-3,5-11,16-18H2,1H3. The summed E-state index contributed by atoms with van der Waals surface area (Å²) in [6.45, 7) is 8.13. The molecule has 0 N–H and O–H groups in total. The average molecular weight is 304 g/mol. The van der Waals surface area contributed by atoms with Gasteiger partial charge in [0.2, 0.25) is 0 Å². The fraction of sp³-hybridized carbons (Fsp3) is 0.600. The van der Waals surface area contributed by atoms with Crippen molar-refractivity contribution in [1.29, 1.82) is 0 Å². The minimum atomic E-state index is 0.616. The number of hydrogen-bond donors (Lipinski definition) is 0. The van der Waals surface area contributed by atoms with Gasteiger partial charge >= 0.3 is 0 Å². The van der Waals surface area contributed by atoms with Crippen molar-refractivity contribution >= 4 is 6.08 Å². The molecule has 0 atom stereocenters. The Morgan fingerprint density at radius 1 is 0.818 bits per heavy atom. The molecule has 0 aliphatic rings. The molecule has 22 heavy (non-hydrogen) atoms. The van der Waals surface area contributed by atoms with Gasteiger partial charge in [0.1, 0.15) is 12.4 Å². The van der Waals surface area contributed by atoms with E-state index >= 15 is 0 Å². The highest BCUT2D eigenvalue weighted by Crippen LogP contribution is 2.12. The van der Waals surface area contributed by atoms with E-state index in [0.29, 0.717) is 13.2 Å². The predicted molar refractivity (Wildman–Crippen MR) is 95.5 cm³/mol. The van der Waals surface area contributed by atoms with E-state index < -0.39 is 0 Å². The molecule has 0 aromatic heterocycles. The molecule has 0 radical (unpaired) electrons. The zero-order valence-corrected chi connectivity index (χ0v) is 14.2. The molecule has 0 bridgehead atoms. The van der Waals surface area contributed by atoms with E-state index in [9.17, 15) is 0 Å². The van der Waals surface area contributed by atoms with Crippen LogP contribution in [0, 0.1) is 0 Å². The Morgan fingerprint density at radius 2 is 1.45 bits per heavy atom. The quantitative estimate of drug-likeness (QED) is 0.400. The van der Waals surface area contributed by atoms with Crippen LogP contribution in [0.3, 0.4) is 0 Å². The highest BCUT2D eigenvalue weighted by atomic mass is 16.5. The van der Waals surface area contributed by atoms with Crippen LogP contribution >= 0.6 is 0 Å². The highest BCUT2D eigenvalue weighted by Gasteiger charge is 1.95. The average Bonchev–Trinajstić information content (AvgIpc) is 2.56. The molecule has 0 saturated heterocycles. The van der Waals surface area contributed by atoms with Crippen molar-refractivity contribution in [3.63, 3.8) is 0 Å². The summed E-state index contributed by atoms with van der Waals surface area (Å²) in [5.74, 6) is 0.890. The molecule has 2 heteroatoms. The Hall–Kier alpha value is -1.28. The first kappa shape index (κ1) is 18.8. The van der Waals surface area contributed by atoms with Gasteiger partial charge in [-0.05, 0) is 24.1 Å². The van der Waals surface area contributed by atoms with Crippen LogP contribution in [0.5, 0.6) is 5.75 Å². The molecule has 0 unspecified atom stereocenters. The van der Waals surface area contributed by atoms with E-state index in [4.69, 9.17) is 9.47 Å². The minimum absolute atomic E-state index is 0.616. The molecule has 0 spiro atoms. The van der Waals surface area contributed by atoms with Crippen molar-refractivity contribution in [3.05, 3.63) is 36.4 Å². The van der Waals surface area contributed by atoms with Gasteiger partial charge in [0.15, 0.2) is 0 Å². The minimum Gasteiger partial charge on any atom is -0.491 e. The van der Waals surface area contributed by atoms with Gasteiger partial charge in [-0.1, -0.05) is 76.7 Å². The lowest BCUT2D eigenvalue weighted by Crippen LogP contribution is -2.07. The van der Waals surface area contributed by atoms with Crippen molar-refractivity contribution in [1.82, 2.24) is 0 Å². The number of hydrogen-bond acceptors (Lipinski definition) is 2. The van der Waals surface area contributed by atoms with Gasteiger partial charge in [0, 0.05) is 6.61 Å². The third kappa shape index (κ3) is 9.62. The Bertz CT molecular complexity index is 370. The van der Waals surface area contributed by atoms with Crippen molar-refractivity contribution < 1.29 is 9.47 Å². The predicted octanol–water partition coefficient (Wildman–Crippen LogP) is 5.87. The second-order valence-corrected chi connectivity index (χ2v) is 5.71. The summed E-state index contributed by atoms with van der Waals surface area (Å²) in [6, 6.07) is 7.94. The van der Waals surface area contributed by atoms with Crippen LogP contribution in [0.15, 0.2) is 30.8 Å². The van der Waals surface area contributed by atoms with E-state index in [1.165, 1.54) is 51.4 Å². The van der Waals surface area contributed by atoms with Gasteiger partial charge in [-0.25, -0.2) is 0 Å².